The van der Waals surface area contributed by atoms with Crippen molar-refractivity contribution < 1.29 is 0 Å². The van der Waals surface area contributed by atoms with E-state index in [4.69, 9.17) is 0 Å². The maximum atomic E-state index is 4.11. The SMILES string of the molecule is C=C(C)c1c(C)c(=CC)n(C(=C)C)c1=C. The topological polar surface area (TPSA) is 4.93 Å². The van der Waals surface area contributed by atoms with Gasteiger partial charge in [0.2, 0.25) is 0 Å². The molecule has 1 rings (SSSR count). The maximum Gasteiger partial charge on any atom is 0.0464 e. The van der Waals surface area contributed by atoms with Crippen LogP contribution in [0, 0.1) is 6.92 Å². The minimum absolute atomic E-state index is 0.987. The smallest absolute Gasteiger partial charge is 0.0464 e. The Balaban J connectivity index is 3.86. The Kier molecular flexibility index (Phi) is 3.04. The van der Waals surface area contributed by atoms with E-state index in [0.717, 1.165) is 22.2 Å². The van der Waals surface area contributed by atoms with Crippen LogP contribution in [-0.2, 0) is 0 Å². The lowest BCUT2D eigenvalue weighted by Crippen LogP contribution is -2.24. The largest absolute Gasteiger partial charge is 0.315 e. The molecule has 1 heteroatoms. The molecule has 0 saturated carbocycles. The lowest BCUT2D eigenvalue weighted by Gasteiger charge is -2.02. The van der Waals surface area contributed by atoms with Crippen LogP contribution in [0.2, 0.25) is 0 Å². The van der Waals surface area contributed by atoms with E-state index >= 15 is 0 Å². The van der Waals surface area contributed by atoms with Crippen molar-refractivity contribution in [1.82, 2.24) is 4.57 Å². The summed E-state index contributed by atoms with van der Waals surface area (Å²) in [4.78, 5) is 0. The fourth-order valence-corrected chi connectivity index (χ4v) is 2.12. The number of rotatable bonds is 2. The quantitative estimate of drug-likeness (QED) is 0.693. The first-order chi connectivity index (χ1) is 6.91. The first kappa shape index (κ1) is 11.6. The molecule has 0 saturated heterocycles. The highest BCUT2D eigenvalue weighted by atomic mass is 15.0. The third-order valence-corrected chi connectivity index (χ3v) is 2.64. The van der Waals surface area contributed by atoms with Gasteiger partial charge in [-0.2, -0.15) is 0 Å². The van der Waals surface area contributed by atoms with Gasteiger partial charge in [-0.25, -0.2) is 0 Å². The molecule has 0 aliphatic heterocycles. The van der Waals surface area contributed by atoms with Crippen LogP contribution in [0.4, 0.5) is 0 Å². The van der Waals surface area contributed by atoms with Crippen molar-refractivity contribution in [3.8, 4) is 0 Å². The van der Waals surface area contributed by atoms with Gasteiger partial charge in [0, 0.05) is 22.0 Å². The van der Waals surface area contributed by atoms with Crippen molar-refractivity contribution in [1.29, 1.82) is 0 Å². The number of aromatic nitrogens is 1. The Morgan fingerprint density at radius 1 is 1.27 bits per heavy atom. The molecule has 0 radical (unpaired) electrons. The highest BCUT2D eigenvalue weighted by Crippen LogP contribution is 2.10. The summed E-state index contributed by atoms with van der Waals surface area (Å²) in [6.45, 7) is 20.2. The number of hydrogen-bond donors (Lipinski definition) is 0. The molecule has 0 amide bonds. The van der Waals surface area contributed by atoms with Crippen LogP contribution < -0.4 is 10.7 Å². The summed E-state index contributed by atoms with van der Waals surface area (Å²) in [5, 5.41) is 2.16. The van der Waals surface area contributed by atoms with Crippen LogP contribution in [0.15, 0.2) is 13.2 Å². The highest BCUT2D eigenvalue weighted by Gasteiger charge is 2.09. The zero-order chi connectivity index (χ0) is 11.7. The monoisotopic (exact) mass is 201 g/mol. The molecule has 0 bridgehead atoms. The Hall–Kier alpha value is -1.50. The highest BCUT2D eigenvalue weighted by molar-refractivity contribution is 5.67. The van der Waals surface area contributed by atoms with Gasteiger partial charge in [-0.1, -0.05) is 25.8 Å². The second-order valence-corrected chi connectivity index (χ2v) is 3.97. The Bertz CT molecular complexity index is 527. The molecule has 1 aromatic rings. The lowest BCUT2D eigenvalue weighted by molar-refractivity contribution is 1.01. The fourth-order valence-electron chi connectivity index (χ4n) is 2.12. The molecule has 1 aromatic heterocycles. The van der Waals surface area contributed by atoms with Crippen molar-refractivity contribution in [2.45, 2.75) is 27.7 Å². The zero-order valence-electron chi connectivity index (χ0n) is 10.1. The molecule has 0 N–H and O–H groups in total. The summed E-state index contributed by atoms with van der Waals surface area (Å²) >= 11 is 0. The van der Waals surface area contributed by atoms with Gasteiger partial charge in [0.05, 0.1) is 0 Å². The fraction of sp³-hybridized carbons (Fsp3) is 0.286. The molecule has 0 aliphatic rings. The minimum Gasteiger partial charge on any atom is -0.315 e. The number of allylic oxidation sites excluding steroid dienone is 2. The molecular weight excluding hydrogens is 182 g/mol. The van der Waals surface area contributed by atoms with E-state index in [0.29, 0.717) is 0 Å². The van der Waals surface area contributed by atoms with E-state index < -0.39 is 0 Å². The van der Waals surface area contributed by atoms with Crippen LogP contribution >= 0.6 is 0 Å². The van der Waals surface area contributed by atoms with Crippen LogP contribution in [0.25, 0.3) is 23.9 Å². The van der Waals surface area contributed by atoms with Gasteiger partial charge in [0.15, 0.2) is 0 Å². The van der Waals surface area contributed by atoms with E-state index in [9.17, 15) is 0 Å². The van der Waals surface area contributed by atoms with Crippen molar-refractivity contribution in [3.63, 3.8) is 0 Å². The predicted octanol–water partition coefficient (Wildman–Crippen LogP) is 2.53. The van der Waals surface area contributed by atoms with Gasteiger partial charge in [-0.3, -0.25) is 0 Å². The molecule has 1 heterocycles. The molecule has 0 fully saturated rings. The van der Waals surface area contributed by atoms with Crippen molar-refractivity contribution >= 4 is 23.9 Å². The van der Waals surface area contributed by atoms with Crippen molar-refractivity contribution in [2.75, 3.05) is 0 Å². The van der Waals surface area contributed by atoms with Crippen LogP contribution in [-0.4, -0.2) is 4.57 Å². The van der Waals surface area contributed by atoms with Crippen LogP contribution in [0.5, 0.6) is 0 Å². The predicted molar refractivity (Wildman–Crippen MR) is 69.8 cm³/mol. The van der Waals surface area contributed by atoms with Crippen molar-refractivity contribution in [2.24, 2.45) is 0 Å². The molecule has 1 nitrogen and oxygen atoms in total. The average Bonchev–Trinajstić information content (AvgIpc) is 2.36. The van der Waals surface area contributed by atoms with Crippen LogP contribution in [0.1, 0.15) is 31.9 Å². The van der Waals surface area contributed by atoms with Gasteiger partial charge in [0.25, 0.3) is 0 Å². The second kappa shape index (κ2) is 3.93. The van der Waals surface area contributed by atoms with E-state index in [2.05, 4.69) is 37.3 Å². The van der Waals surface area contributed by atoms with Crippen LogP contribution in [0.3, 0.4) is 0 Å². The summed E-state index contributed by atoms with van der Waals surface area (Å²) in [7, 11) is 0. The van der Waals surface area contributed by atoms with Gasteiger partial charge in [0.1, 0.15) is 0 Å². The van der Waals surface area contributed by atoms with E-state index in [1.54, 1.807) is 0 Å². The van der Waals surface area contributed by atoms with Gasteiger partial charge in [-0.05, 0) is 38.8 Å². The molecule has 0 spiro atoms. The van der Waals surface area contributed by atoms with Gasteiger partial charge in [-0.15, -0.1) is 0 Å². The third-order valence-electron chi connectivity index (χ3n) is 2.64. The number of nitrogens with zero attached hydrogens (tertiary/aromatic N) is 1. The molecule has 0 aromatic carbocycles. The molecule has 0 unspecified atom stereocenters. The molecule has 0 atom stereocenters. The molecule has 80 valence electrons. The molecule has 0 aliphatic carbocycles. The van der Waals surface area contributed by atoms with E-state index in [1.165, 1.54) is 10.9 Å². The normalized spacial score (nSPS) is 11.9. The zero-order valence-corrected chi connectivity index (χ0v) is 10.1. The summed E-state index contributed by atoms with van der Waals surface area (Å²) in [5.74, 6) is 0. The maximum absolute atomic E-state index is 4.11. The second-order valence-electron chi connectivity index (χ2n) is 3.97. The van der Waals surface area contributed by atoms with Crippen molar-refractivity contribution in [3.05, 3.63) is 35.0 Å². The summed E-state index contributed by atoms with van der Waals surface area (Å²) in [5.41, 5.74) is 4.44. The molecule has 15 heavy (non-hydrogen) atoms. The molecular formula is C14H19N. The Labute approximate surface area is 91.7 Å². The average molecular weight is 201 g/mol. The lowest BCUT2D eigenvalue weighted by atomic mass is 10.1. The first-order valence-corrected chi connectivity index (χ1v) is 5.10. The van der Waals surface area contributed by atoms with Gasteiger partial charge >= 0.3 is 0 Å². The Morgan fingerprint density at radius 3 is 2.07 bits per heavy atom. The van der Waals surface area contributed by atoms with E-state index in [-0.39, 0.29) is 0 Å². The first-order valence-electron chi connectivity index (χ1n) is 5.10. The van der Waals surface area contributed by atoms with Gasteiger partial charge < -0.3 is 4.57 Å². The minimum atomic E-state index is 0.987. The standard InChI is InChI=1S/C14H19N/c1-8-13-11(6)14(9(2)3)12(7)15(13)10(4)5/h8H,2,4,7H2,1,3,5-6H3. The number of hydrogen-bond acceptors (Lipinski definition) is 0. The Morgan fingerprint density at radius 2 is 1.80 bits per heavy atom. The van der Waals surface area contributed by atoms with E-state index in [1.807, 2.05) is 20.8 Å². The summed E-state index contributed by atoms with van der Waals surface area (Å²) < 4.78 is 2.08. The summed E-state index contributed by atoms with van der Waals surface area (Å²) in [6, 6.07) is 0. The third kappa shape index (κ3) is 1.70. The summed E-state index contributed by atoms with van der Waals surface area (Å²) in [6.07, 6.45) is 2.09.